The van der Waals surface area contributed by atoms with Crippen LogP contribution in [0.1, 0.15) is 34.6 Å². The van der Waals surface area contributed by atoms with Gasteiger partial charge in [-0.3, -0.25) is 9.59 Å². The van der Waals surface area contributed by atoms with Gasteiger partial charge in [0.15, 0.2) is 6.61 Å². The zero-order chi connectivity index (χ0) is 19.9. The van der Waals surface area contributed by atoms with E-state index in [0.717, 1.165) is 5.57 Å². The van der Waals surface area contributed by atoms with Gasteiger partial charge in [0.1, 0.15) is 12.4 Å². The van der Waals surface area contributed by atoms with E-state index in [2.05, 4.69) is 5.32 Å². The molecule has 0 saturated carbocycles. The van der Waals surface area contributed by atoms with Crippen LogP contribution in [-0.4, -0.2) is 41.4 Å². The number of carbonyl (C=O) groups is 3. The zero-order valence-electron chi connectivity index (χ0n) is 15.8. The Morgan fingerprint density at radius 1 is 1.15 bits per heavy atom. The van der Waals surface area contributed by atoms with Crippen molar-refractivity contribution in [3.63, 3.8) is 0 Å². The number of ether oxygens (including phenoxy) is 1. The highest BCUT2D eigenvalue weighted by Crippen LogP contribution is 2.15. The second kappa shape index (κ2) is 9.12. The first-order chi connectivity index (χ1) is 12.0. The first-order valence-corrected chi connectivity index (χ1v) is 8.16. The van der Waals surface area contributed by atoms with Crippen LogP contribution in [0.5, 0.6) is 0 Å². The number of carbonyl (C=O) groups excluding carboxylic acids is 3. The Morgan fingerprint density at radius 2 is 1.73 bits per heavy atom. The van der Waals surface area contributed by atoms with Crippen LogP contribution in [-0.2, 0) is 19.1 Å². The summed E-state index contributed by atoms with van der Waals surface area (Å²) in [5, 5.41) is 2.60. The van der Waals surface area contributed by atoms with Crippen LogP contribution < -0.4 is 5.32 Å². The van der Waals surface area contributed by atoms with Gasteiger partial charge in [-0.15, -0.1) is 0 Å². The molecule has 1 aromatic rings. The van der Waals surface area contributed by atoms with Crippen molar-refractivity contribution in [2.45, 2.75) is 40.2 Å². The van der Waals surface area contributed by atoms with Crippen molar-refractivity contribution in [1.29, 1.82) is 0 Å². The van der Waals surface area contributed by atoms with Gasteiger partial charge in [0.2, 0.25) is 5.91 Å². The Kier molecular flexibility index (Phi) is 7.49. The molecule has 6 nitrogen and oxygen atoms in total. The summed E-state index contributed by atoms with van der Waals surface area (Å²) in [4.78, 5) is 37.5. The van der Waals surface area contributed by atoms with Gasteiger partial charge < -0.3 is 15.0 Å². The molecule has 0 fully saturated rings. The first-order valence-electron chi connectivity index (χ1n) is 8.16. The van der Waals surface area contributed by atoms with Crippen LogP contribution in [0.2, 0.25) is 0 Å². The summed E-state index contributed by atoms with van der Waals surface area (Å²) in [6, 6.07) is 5.31. The molecule has 0 bridgehead atoms. The maximum absolute atomic E-state index is 12.9. The van der Waals surface area contributed by atoms with Crippen molar-refractivity contribution in [2.24, 2.45) is 0 Å². The summed E-state index contributed by atoms with van der Waals surface area (Å²) in [5.41, 5.74) is 0.529. The van der Waals surface area contributed by atoms with Crippen molar-refractivity contribution in [3.8, 4) is 0 Å². The topological polar surface area (TPSA) is 75.7 Å². The molecule has 0 radical (unpaired) electrons. The third-order valence-electron chi connectivity index (χ3n) is 3.28. The maximum atomic E-state index is 12.9. The number of amides is 2. The fraction of sp³-hybridized carbons (Fsp3) is 0.421. The van der Waals surface area contributed by atoms with E-state index in [1.165, 1.54) is 35.2 Å². The minimum atomic E-state index is -0.653. The number of benzene rings is 1. The molecule has 7 heteroatoms. The fourth-order valence-electron chi connectivity index (χ4n) is 2.06. The van der Waals surface area contributed by atoms with Crippen molar-refractivity contribution in [3.05, 3.63) is 41.7 Å². The van der Waals surface area contributed by atoms with Gasteiger partial charge in [-0.2, -0.15) is 0 Å². The average molecular weight is 364 g/mol. The number of hydrogen-bond acceptors (Lipinski definition) is 4. The lowest BCUT2D eigenvalue weighted by Crippen LogP contribution is -2.50. The molecular formula is C19H25FN2O4. The summed E-state index contributed by atoms with van der Waals surface area (Å²) in [7, 11) is 0. The lowest BCUT2D eigenvalue weighted by Gasteiger charge is -2.35. The minimum absolute atomic E-state index is 0.222. The third kappa shape index (κ3) is 7.46. The second-order valence-corrected chi connectivity index (χ2v) is 7.04. The van der Waals surface area contributed by atoms with Gasteiger partial charge in [-0.1, -0.05) is 5.57 Å². The lowest BCUT2D eigenvalue weighted by atomic mass is 10.1. The van der Waals surface area contributed by atoms with Crippen LogP contribution in [0, 0.1) is 5.82 Å². The summed E-state index contributed by atoms with van der Waals surface area (Å²) in [6.45, 7) is 8.12. The molecule has 0 aliphatic rings. The molecule has 0 unspecified atom stereocenters. The van der Waals surface area contributed by atoms with Crippen molar-refractivity contribution < 1.29 is 23.5 Å². The highest BCUT2D eigenvalue weighted by Gasteiger charge is 2.29. The summed E-state index contributed by atoms with van der Waals surface area (Å²) in [6.07, 6.45) is 1.29. The molecule has 142 valence electrons. The predicted molar refractivity (Wildman–Crippen MR) is 96.9 cm³/mol. The van der Waals surface area contributed by atoms with Crippen LogP contribution in [0.3, 0.4) is 0 Å². The number of hydrogen-bond donors (Lipinski definition) is 1. The molecule has 0 aromatic heterocycles. The molecule has 0 aliphatic heterocycles. The Labute approximate surface area is 153 Å². The van der Waals surface area contributed by atoms with Crippen molar-refractivity contribution in [2.75, 3.05) is 18.5 Å². The quantitative estimate of drug-likeness (QED) is 0.622. The Balaban J connectivity index is 2.72. The molecule has 0 spiro atoms. The first kappa shape index (κ1) is 21.3. The van der Waals surface area contributed by atoms with E-state index in [9.17, 15) is 18.8 Å². The van der Waals surface area contributed by atoms with Gasteiger partial charge in [0, 0.05) is 17.3 Å². The molecule has 0 heterocycles. The monoisotopic (exact) mass is 364 g/mol. The molecule has 2 amide bonds. The minimum Gasteiger partial charge on any atom is -0.452 e. The highest BCUT2D eigenvalue weighted by molar-refractivity contribution is 5.95. The zero-order valence-corrected chi connectivity index (χ0v) is 15.8. The SMILES string of the molecule is CC(C)=CC(=O)OCC(=O)N(CC(=O)Nc1ccc(F)cc1)C(C)(C)C. The number of allylic oxidation sites excluding steroid dienone is 1. The van der Waals surface area contributed by atoms with Gasteiger partial charge in [-0.25, -0.2) is 9.18 Å². The van der Waals surface area contributed by atoms with Crippen LogP contribution in [0.15, 0.2) is 35.9 Å². The van der Waals surface area contributed by atoms with Crippen molar-refractivity contribution >= 4 is 23.5 Å². The molecule has 1 aromatic carbocycles. The van der Waals surface area contributed by atoms with E-state index in [-0.39, 0.29) is 6.54 Å². The van der Waals surface area contributed by atoms with E-state index in [0.29, 0.717) is 5.69 Å². The lowest BCUT2D eigenvalue weighted by molar-refractivity contribution is -0.151. The van der Waals surface area contributed by atoms with Crippen LogP contribution >= 0.6 is 0 Å². The van der Waals surface area contributed by atoms with E-state index >= 15 is 0 Å². The molecule has 0 aliphatic carbocycles. The highest BCUT2D eigenvalue weighted by atomic mass is 19.1. The molecule has 1 N–H and O–H groups in total. The Bertz CT molecular complexity index is 686. The number of esters is 1. The number of nitrogens with one attached hydrogen (secondary N) is 1. The smallest absolute Gasteiger partial charge is 0.331 e. The van der Waals surface area contributed by atoms with E-state index in [1.54, 1.807) is 34.6 Å². The molecule has 0 saturated heterocycles. The van der Waals surface area contributed by atoms with Gasteiger partial charge in [0.25, 0.3) is 5.91 Å². The third-order valence-corrected chi connectivity index (χ3v) is 3.28. The fourth-order valence-corrected chi connectivity index (χ4v) is 2.06. The number of rotatable bonds is 6. The van der Waals surface area contributed by atoms with Crippen molar-refractivity contribution in [1.82, 2.24) is 4.90 Å². The molecule has 1 rings (SSSR count). The summed E-state index contributed by atoms with van der Waals surface area (Å²) in [5.74, 6) is -1.94. The summed E-state index contributed by atoms with van der Waals surface area (Å²) < 4.78 is 17.8. The number of nitrogens with zero attached hydrogens (tertiary/aromatic N) is 1. The average Bonchev–Trinajstić information content (AvgIpc) is 2.51. The van der Waals surface area contributed by atoms with E-state index < -0.39 is 35.7 Å². The molecule has 26 heavy (non-hydrogen) atoms. The van der Waals surface area contributed by atoms with Gasteiger partial charge in [-0.05, 0) is 58.9 Å². The molecule has 0 atom stereocenters. The van der Waals surface area contributed by atoms with Gasteiger partial charge in [0.05, 0.1) is 0 Å². The summed E-state index contributed by atoms with van der Waals surface area (Å²) >= 11 is 0. The normalized spacial score (nSPS) is 10.7. The number of anilines is 1. The molecular weight excluding hydrogens is 339 g/mol. The predicted octanol–water partition coefficient (Wildman–Crippen LogP) is 2.90. The largest absolute Gasteiger partial charge is 0.452 e. The Hall–Kier alpha value is -2.70. The van der Waals surface area contributed by atoms with E-state index in [1.807, 2.05) is 0 Å². The Morgan fingerprint density at radius 3 is 2.23 bits per heavy atom. The van der Waals surface area contributed by atoms with Gasteiger partial charge >= 0.3 is 5.97 Å². The van der Waals surface area contributed by atoms with E-state index in [4.69, 9.17) is 4.74 Å². The maximum Gasteiger partial charge on any atom is 0.331 e. The van der Waals surface area contributed by atoms with Crippen LogP contribution in [0.4, 0.5) is 10.1 Å². The van der Waals surface area contributed by atoms with Crippen LogP contribution in [0.25, 0.3) is 0 Å². The standard InChI is InChI=1S/C19H25FN2O4/c1-13(2)10-18(25)26-12-17(24)22(19(3,4)5)11-16(23)21-15-8-6-14(20)7-9-15/h6-10H,11-12H2,1-5H3,(H,21,23). The second-order valence-electron chi connectivity index (χ2n) is 7.04. The number of halogens is 1.